The summed E-state index contributed by atoms with van der Waals surface area (Å²) in [6.07, 6.45) is 1.23. The first kappa shape index (κ1) is 13.4. The monoisotopic (exact) mass is 306 g/mol. The van der Waals surface area contributed by atoms with E-state index in [0.717, 1.165) is 5.75 Å². The number of nitrogens with zero attached hydrogens (tertiary/aromatic N) is 2. The number of hydrogen-bond acceptors (Lipinski definition) is 5. The van der Waals surface area contributed by atoms with E-state index in [9.17, 15) is 10.1 Å². The maximum atomic E-state index is 10.5. The van der Waals surface area contributed by atoms with Gasteiger partial charge in [0.2, 0.25) is 0 Å². The Kier molecular flexibility index (Phi) is 5.17. The van der Waals surface area contributed by atoms with Crippen LogP contribution < -0.4 is 0 Å². The summed E-state index contributed by atoms with van der Waals surface area (Å²) in [6, 6.07) is 1.43. The molecule has 1 aromatic heterocycles. The Morgan fingerprint density at radius 2 is 2.44 bits per heavy atom. The van der Waals surface area contributed by atoms with Crippen LogP contribution in [0.15, 0.2) is 21.8 Å². The molecule has 0 saturated heterocycles. The minimum absolute atomic E-state index is 0.0357. The van der Waals surface area contributed by atoms with Crippen molar-refractivity contribution < 1.29 is 10.0 Å². The number of aliphatic hydroxyl groups is 1. The van der Waals surface area contributed by atoms with Gasteiger partial charge in [-0.2, -0.15) is 0 Å². The summed E-state index contributed by atoms with van der Waals surface area (Å²) in [5.41, 5.74) is -0.0357. The molecule has 1 rings (SSSR count). The zero-order chi connectivity index (χ0) is 12.1. The van der Waals surface area contributed by atoms with E-state index < -0.39 is 4.92 Å². The lowest BCUT2D eigenvalue weighted by Gasteiger charge is -2.07. The molecule has 0 amide bonds. The van der Waals surface area contributed by atoms with E-state index in [-0.39, 0.29) is 18.2 Å². The third kappa shape index (κ3) is 3.73. The van der Waals surface area contributed by atoms with Crippen molar-refractivity contribution in [1.82, 2.24) is 4.98 Å². The fourth-order valence-electron chi connectivity index (χ4n) is 0.895. The number of pyridine rings is 1. The Morgan fingerprint density at radius 3 is 2.94 bits per heavy atom. The first-order valence-corrected chi connectivity index (χ1v) is 6.36. The third-order valence-electron chi connectivity index (χ3n) is 1.82. The van der Waals surface area contributed by atoms with Gasteiger partial charge in [-0.05, 0) is 21.8 Å². The van der Waals surface area contributed by atoms with Gasteiger partial charge < -0.3 is 5.11 Å². The van der Waals surface area contributed by atoms with Gasteiger partial charge in [0.1, 0.15) is 11.2 Å². The summed E-state index contributed by atoms with van der Waals surface area (Å²) in [6.45, 7) is 2.05. The molecule has 0 aromatic carbocycles. The Morgan fingerprint density at radius 1 is 1.75 bits per heavy atom. The van der Waals surface area contributed by atoms with E-state index in [2.05, 4.69) is 20.9 Å². The van der Waals surface area contributed by atoms with Crippen LogP contribution in [0, 0.1) is 16.0 Å². The fourth-order valence-corrected chi connectivity index (χ4v) is 2.45. The first-order valence-electron chi connectivity index (χ1n) is 4.58. The van der Waals surface area contributed by atoms with Crippen molar-refractivity contribution >= 4 is 33.4 Å². The van der Waals surface area contributed by atoms with Crippen LogP contribution in [-0.4, -0.2) is 27.4 Å². The molecule has 88 valence electrons. The molecule has 0 radical (unpaired) electrons. The van der Waals surface area contributed by atoms with Crippen LogP contribution in [0.1, 0.15) is 6.92 Å². The van der Waals surface area contributed by atoms with Gasteiger partial charge in [0, 0.05) is 18.4 Å². The van der Waals surface area contributed by atoms with E-state index in [1.54, 1.807) is 0 Å². The van der Waals surface area contributed by atoms with Gasteiger partial charge in [-0.25, -0.2) is 4.98 Å². The number of nitro groups is 1. The van der Waals surface area contributed by atoms with Crippen molar-refractivity contribution in [2.75, 3.05) is 12.4 Å². The van der Waals surface area contributed by atoms with Crippen LogP contribution in [0.5, 0.6) is 0 Å². The molecule has 16 heavy (non-hydrogen) atoms. The fraction of sp³-hybridized carbons (Fsp3) is 0.444. The van der Waals surface area contributed by atoms with E-state index in [1.165, 1.54) is 24.0 Å². The molecule has 1 atom stereocenters. The first-order chi connectivity index (χ1) is 7.54. The molecule has 1 heterocycles. The second kappa shape index (κ2) is 6.17. The number of rotatable bonds is 5. The van der Waals surface area contributed by atoms with Crippen LogP contribution in [-0.2, 0) is 0 Å². The molecule has 1 aromatic rings. The van der Waals surface area contributed by atoms with Gasteiger partial charge in [-0.1, -0.05) is 6.92 Å². The quantitative estimate of drug-likeness (QED) is 0.514. The molecule has 0 fully saturated rings. The highest BCUT2D eigenvalue weighted by atomic mass is 79.9. The highest BCUT2D eigenvalue weighted by Crippen LogP contribution is 2.29. The zero-order valence-corrected chi connectivity index (χ0v) is 11.0. The Bertz CT molecular complexity index is 389. The van der Waals surface area contributed by atoms with Crippen LogP contribution in [0.2, 0.25) is 0 Å². The van der Waals surface area contributed by atoms with Gasteiger partial charge >= 0.3 is 0 Å². The summed E-state index contributed by atoms with van der Waals surface area (Å²) in [5, 5.41) is 20.0. The molecule has 0 aliphatic carbocycles. The van der Waals surface area contributed by atoms with Crippen LogP contribution >= 0.6 is 27.7 Å². The number of hydrogen-bond donors (Lipinski definition) is 1. The normalized spacial score (nSPS) is 12.4. The second-order valence-corrected chi connectivity index (χ2v) is 5.20. The standard InChI is InChI=1S/C9H11BrN2O3S/c1-6(4-13)5-16-9-8(10)2-7(3-11-9)12(14)15/h2-3,6,13H,4-5H2,1H3. The predicted molar refractivity (Wildman–Crippen MR) is 65.6 cm³/mol. The van der Waals surface area contributed by atoms with E-state index in [4.69, 9.17) is 5.11 Å². The lowest BCUT2D eigenvalue weighted by molar-refractivity contribution is -0.385. The molecule has 0 spiro atoms. The molecule has 5 nitrogen and oxygen atoms in total. The van der Waals surface area contributed by atoms with Crippen LogP contribution in [0.3, 0.4) is 0 Å². The molecule has 0 aliphatic heterocycles. The molecule has 0 bridgehead atoms. The number of aromatic nitrogens is 1. The van der Waals surface area contributed by atoms with Crippen molar-refractivity contribution in [1.29, 1.82) is 0 Å². The lowest BCUT2D eigenvalue weighted by atomic mass is 10.2. The average molecular weight is 307 g/mol. The van der Waals surface area contributed by atoms with E-state index in [0.29, 0.717) is 9.50 Å². The summed E-state index contributed by atoms with van der Waals surface area (Å²) < 4.78 is 0.608. The Labute approximate surface area is 106 Å². The maximum Gasteiger partial charge on any atom is 0.288 e. The summed E-state index contributed by atoms with van der Waals surface area (Å²) in [5.74, 6) is 0.897. The van der Waals surface area contributed by atoms with Gasteiger partial charge in [0.15, 0.2) is 0 Å². The SMILES string of the molecule is CC(CO)CSc1ncc([N+](=O)[O-])cc1Br. The van der Waals surface area contributed by atoms with Crippen molar-refractivity contribution in [3.05, 3.63) is 26.9 Å². The zero-order valence-electron chi connectivity index (χ0n) is 8.59. The molecular weight excluding hydrogens is 296 g/mol. The lowest BCUT2D eigenvalue weighted by Crippen LogP contribution is -2.03. The van der Waals surface area contributed by atoms with Gasteiger partial charge in [-0.15, -0.1) is 11.8 Å². The summed E-state index contributed by atoms with van der Waals surface area (Å²) in [4.78, 5) is 14.0. The number of halogens is 1. The maximum absolute atomic E-state index is 10.5. The van der Waals surface area contributed by atoms with Crippen LogP contribution in [0.4, 0.5) is 5.69 Å². The molecule has 0 aliphatic rings. The topological polar surface area (TPSA) is 76.3 Å². The predicted octanol–water partition coefficient (Wildman–Crippen LogP) is 2.47. The van der Waals surface area contributed by atoms with Gasteiger partial charge in [0.25, 0.3) is 5.69 Å². The highest BCUT2D eigenvalue weighted by molar-refractivity contribution is 9.10. The smallest absolute Gasteiger partial charge is 0.288 e. The van der Waals surface area contributed by atoms with Crippen molar-refractivity contribution in [2.24, 2.45) is 5.92 Å². The van der Waals surface area contributed by atoms with E-state index in [1.807, 2.05) is 6.92 Å². The average Bonchev–Trinajstić information content (AvgIpc) is 2.26. The van der Waals surface area contributed by atoms with Crippen molar-refractivity contribution in [3.8, 4) is 0 Å². The largest absolute Gasteiger partial charge is 0.396 e. The summed E-state index contributed by atoms with van der Waals surface area (Å²) in [7, 11) is 0. The number of thioether (sulfide) groups is 1. The van der Waals surface area contributed by atoms with Gasteiger partial charge in [-0.3, -0.25) is 10.1 Å². The Balaban J connectivity index is 2.72. The molecule has 0 saturated carbocycles. The molecule has 1 N–H and O–H groups in total. The second-order valence-electron chi connectivity index (χ2n) is 3.34. The third-order valence-corrected chi connectivity index (χ3v) is 4.02. The van der Waals surface area contributed by atoms with Gasteiger partial charge in [0.05, 0.1) is 9.40 Å². The minimum Gasteiger partial charge on any atom is -0.396 e. The highest BCUT2D eigenvalue weighted by Gasteiger charge is 2.11. The van der Waals surface area contributed by atoms with Crippen molar-refractivity contribution in [2.45, 2.75) is 11.9 Å². The Hall–Kier alpha value is -0.660. The molecular formula is C9H11BrN2O3S. The molecule has 7 heteroatoms. The van der Waals surface area contributed by atoms with Crippen LogP contribution in [0.25, 0.3) is 0 Å². The number of aliphatic hydroxyl groups excluding tert-OH is 1. The minimum atomic E-state index is -0.484. The van der Waals surface area contributed by atoms with Crippen molar-refractivity contribution in [3.63, 3.8) is 0 Å². The molecule has 1 unspecified atom stereocenters. The van der Waals surface area contributed by atoms with E-state index >= 15 is 0 Å². The summed E-state index contributed by atoms with van der Waals surface area (Å²) >= 11 is 4.70.